The molecule has 0 aliphatic heterocycles. The summed E-state index contributed by atoms with van der Waals surface area (Å²) < 4.78 is 45.3. The van der Waals surface area contributed by atoms with Gasteiger partial charge in [0.2, 0.25) is 5.91 Å². The van der Waals surface area contributed by atoms with E-state index in [9.17, 15) is 22.8 Å². The number of hydrogen-bond donors (Lipinski definition) is 2. The molecule has 3 rings (SSSR count). The van der Waals surface area contributed by atoms with Crippen LogP contribution >= 0.6 is 11.8 Å². The standard InChI is InChI=1S/C19H20F3N3O4S/c1-29-15-6-5-11(19(20,21)22)9-13(15)23-16(27)10-30-17-12-3-2-4-14(12)25(7-8-26)18(28)24-17/h5-6,9,26H,2-4,7-8,10H2,1H3,(H,23,27). The average Bonchev–Trinajstić information content (AvgIpc) is 3.18. The number of halogens is 3. The highest BCUT2D eigenvalue weighted by Crippen LogP contribution is 2.35. The van der Waals surface area contributed by atoms with Crippen LogP contribution in [0, 0.1) is 0 Å². The second-order valence-corrected chi connectivity index (χ2v) is 7.57. The number of aliphatic hydroxyl groups is 1. The van der Waals surface area contributed by atoms with Gasteiger partial charge in [-0.1, -0.05) is 11.8 Å². The van der Waals surface area contributed by atoms with E-state index in [-0.39, 0.29) is 30.3 Å². The lowest BCUT2D eigenvalue weighted by Gasteiger charge is -2.14. The molecule has 11 heteroatoms. The summed E-state index contributed by atoms with van der Waals surface area (Å²) in [5.74, 6) is -0.583. The molecule has 162 valence electrons. The van der Waals surface area contributed by atoms with Crippen molar-refractivity contribution in [3.8, 4) is 5.75 Å². The number of aliphatic hydroxyl groups excluding tert-OH is 1. The first-order chi connectivity index (χ1) is 14.2. The van der Waals surface area contributed by atoms with Crippen LogP contribution in [0.5, 0.6) is 5.75 Å². The van der Waals surface area contributed by atoms with Gasteiger partial charge in [0.05, 0.1) is 37.3 Å². The van der Waals surface area contributed by atoms with Gasteiger partial charge in [0.15, 0.2) is 0 Å². The minimum Gasteiger partial charge on any atom is -0.495 e. The van der Waals surface area contributed by atoms with Gasteiger partial charge in [-0.3, -0.25) is 9.36 Å². The second-order valence-electron chi connectivity index (χ2n) is 6.60. The number of rotatable bonds is 7. The summed E-state index contributed by atoms with van der Waals surface area (Å²) in [7, 11) is 1.29. The molecule has 1 aromatic carbocycles. The molecule has 0 atom stereocenters. The molecular weight excluding hydrogens is 423 g/mol. The van der Waals surface area contributed by atoms with E-state index in [2.05, 4.69) is 10.3 Å². The molecule has 0 radical (unpaired) electrons. The zero-order chi connectivity index (χ0) is 21.9. The lowest BCUT2D eigenvalue weighted by atomic mass is 10.2. The van der Waals surface area contributed by atoms with Crippen molar-refractivity contribution in [3.05, 3.63) is 45.5 Å². The lowest BCUT2D eigenvalue weighted by molar-refractivity contribution is -0.137. The summed E-state index contributed by atoms with van der Waals surface area (Å²) in [5, 5.41) is 12.0. The Labute approximate surface area is 174 Å². The van der Waals surface area contributed by atoms with E-state index in [1.807, 2.05) is 0 Å². The Morgan fingerprint density at radius 3 is 2.80 bits per heavy atom. The molecule has 0 saturated carbocycles. The molecule has 0 fully saturated rings. The number of benzene rings is 1. The predicted octanol–water partition coefficient (Wildman–Crippen LogP) is 2.48. The number of carbonyl (C=O) groups is 1. The van der Waals surface area contributed by atoms with Crippen molar-refractivity contribution < 1.29 is 27.8 Å². The molecule has 0 unspecified atom stereocenters. The monoisotopic (exact) mass is 443 g/mol. The van der Waals surface area contributed by atoms with E-state index in [4.69, 9.17) is 9.84 Å². The number of nitrogens with one attached hydrogen (secondary N) is 1. The van der Waals surface area contributed by atoms with Crippen LogP contribution in [0.3, 0.4) is 0 Å². The molecule has 1 aliphatic carbocycles. The summed E-state index contributed by atoms with van der Waals surface area (Å²) in [6.45, 7) is -0.0172. The van der Waals surface area contributed by atoms with Crippen LogP contribution in [0.2, 0.25) is 0 Å². The van der Waals surface area contributed by atoms with E-state index in [1.165, 1.54) is 11.7 Å². The van der Waals surface area contributed by atoms with Gasteiger partial charge in [0.25, 0.3) is 0 Å². The maximum Gasteiger partial charge on any atom is 0.416 e. The summed E-state index contributed by atoms with van der Waals surface area (Å²) in [5.41, 5.74) is 0.198. The fourth-order valence-electron chi connectivity index (χ4n) is 3.34. The minimum atomic E-state index is -4.55. The fraction of sp³-hybridized carbons (Fsp3) is 0.421. The number of carbonyl (C=O) groups excluding carboxylic acids is 1. The third-order valence-electron chi connectivity index (χ3n) is 4.67. The quantitative estimate of drug-likeness (QED) is 0.505. The van der Waals surface area contributed by atoms with Crippen molar-refractivity contribution in [1.29, 1.82) is 0 Å². The van der Waals surface area contributed by atoms with Crippen LogP contribution in [0.1, 0.15) is 23.2 Å². The predicted molar refractivity (Wildman–Crippen MR) is 105 cm³/mol. The average molecular weight is 443 g/mol. The van der Waals surface area contributed by atoms with Gasteiger partial charge in [-0.05, 0) is 37.5 Å². The Morgan fingerprint density at radius 2 is 2.13 bits per heavy atom. The summed E-state index contributed by atoms with van der Waals surface area (Å²) in [4.78, 5) is 28.6. The Balaban J connectivity index is 1.75. The number of nitrogens with zero attached hydrogens (tertiary/aromatic N) is 2. The highest BCUT2D eigenvalue weighted by Gasteiger charge is 2.31. The fourth-order valence-corrected chi connectivity index (χ4v) is 4.22. The zero-order valence-electron chi connectivity index (χ0n) is 16.1. The molecule has 30 heavy (non-hydrogen) atoms. The highest BCUT2D eigenvalue weighted by atomic mass is 32.2. The first-order valence-electron chi connectivity index (χ1n) is 9.16. The van der Waals surface area contributed by atoms with Gasteiger partial charge in [0.1, 0.15) is 10.8 Å². The van der Waals surface area contributed by atoms with Crippen LogP contribution in [-0.4, -0.2) is 40.0 Å². The SMILES string of the molecule is COc1ccc(C(F)(F)F)cc1NC(=O)CSc1nc(=O)n(CCO)c2c1CCC2. The molecule has 1 amide bonds. The first kappa shape index (κ1) is 22.2. The first-order valence-corrected chi connectivity index (χ1v) is 10.1. The third kappa shape index (κ3) is 4.78. The molecule has 0 saturated heterocycles. The van der Waals surface area contributed by atoms with E-state index in [1.54, 1.807) is 0 Å². The van der Waals surface area contributed by atoms with Crippen LogP contribution in [0.4, 0.5) is 18.9 Å². The Hall–Kier alpha value is -2.53. The van der Waals surface area contributed by atoms with Gasteiger partial charge < -0.3 is 15.2 Å². The van der Waals surface area contributed by atoms with Gasteiger partial charge >= 0.3 is 11.9 Å². The van der Waals surface area contributed by atoms with Crippen molar-refractivity contribution >= 4 is 23.4 Å². The summed E-state index contributed by atoms with van der Waals surface area (Å²) >= 11 is 1.06. The van der Waals surface area contributed by atoms with E-state index < -0.39 is 23.3 Å². The number of ether oxygens (including phenoxy) is 1. The molecule has 1 heterocycles. The highest BCUT2D eigenvalue weighted by molar-refractivity contribution is 8.00. The topological polar surface area (TPSA) is 93.5 Å². The van der Waals surface area contributed by atoms with Gasteiger partial charge in [-0.15, -0.1) is 0 Å². The number of anilines is 1. The minimum absolute atomic E-state index is 0.0884. The number of hydrogen-bond acceptors (Lipinski definition) is 6. The summed E-state index contributed by atoms with van der Waals surface area (Å²) in [6, 6.07) is 2.83. The number of amides is 1. The maximum absolute atomic E-state index is 12.9. The molecule has 7 nitrogen and oxygen atoms in total. The molecule has 1 aromatic heterocycles. The molecule has 0 spiro atoms. The lowest BCUT2D eigenvalue weighted by Crippen LogP contribution is -2.28. The van der Waals surface area contributed by atoms with E-state index in [0.29, 0.717) is 17.9 Å². The Kier molecular flexibility index (Phi) is 6.71. The van der Waals surface area contributed by atoms with E-state index in [0.717, 1.165) is 47.6 Å². The van der Waals surface area contributed by atoms with E-state index >= 15 is 0 Å². The largest absolute Gasteiger partial charge is 0.495 e. The van der Waals surface area contributed by atoms with Crippen LogP contribution < -0.4 is 15.7 Å². The molecule has 2 N–H and O–H groups in total. The smallest absolute Gasteiger partial charge is 0.416 e. The maximum atomic E-state index is 12.9. The number of aromatic nitrogens is 2. The van der Waals surface area contributed by atoms with Crippen molar-refractivity contribution in [2.45, 2.75) is 37.0 Å². The van der Waals surface area contributed by atoms with Crippen LogP contribution in [0.25, 0.3) is 0 Å². The molecular formula is C19H20F3N3O4S. The number of alkyl halides is 3. The normalized spacial score (nSPS) is 13.2. The molecule has 0 bridgehead atoms. The Bertz CT molecular complexity index is 1010. The number of methoxy groups -OCH3 is 1. The third-order valence-corrected chi connectivity index (χ3v) is 5.68. The van der Waals surface area contributed by atoms with Crippen molar-refractivity contribution in [2.24, 2.45) is 0 Å². The Morgan fingerprint density at radius 1 is 1.37 bits per heavy atom. The van der Waals surface area contributed by atoms with Crippen LogP contribution in [-0.2, 0) is 30.4 Å². The zero-order valence-corrected chi connectivity index (χ0v) is 16.9. The second kappa shape index (κ2) is 9.09. The van der Waals surface area contributed by atoms with Crippen LogP contribution in [0.15, 0.2) is 28.0 Å². The van der Waals surface area contributed by atoms with Gasteiger partial charge in [-0.2, -0.15) is 18.2 Å². The summed E-state index contributed by atoms with van der Waals surface area (Å²) in [6.07, 6.45) is -2.32. The molecule has 2 aromatic rings. The molecule has 1 aliphatic rings. The van der Waals surface area contributed by atoms with Crippen molar-refractivity contribution in [3.63, 3.8) is 0 Å². The van der Waals surface area contributed by atoms with Crippen molar-refractivity contribution in [2.75, 3.05) is 24.8 Å². The van der Waals surface area contributed by atoms with Gasteiger partial charge in [-0.25, -0.2) is 4.79 Å². The van der Waals surface area contributed by atoms with Crippen molar-refractivity contribution in [1.82, 2.24) is 9.55 Å². The number of thioether (sulfide) groups is 1. The van der Waals surface area contributed by atoms with Gasteiger partial charge in [0, 0.05) is 11.3 Å². The number of fused-ring (bicyclic) bond motifs is 1.